The molecule has 0 fully saturated rings. The maximum atomic E-state index is 12.5. The number of fused-ring (bicyclic) bond motifs is 2. The number of aliphatic carboxylic acids is 1. The van der Waals surface area contributed by atoms with E-state index >= 15 is 0 Å². The van der Waals surface area contributed by atoms with Gasteiger partial charge in [0, 0.05) is 48.3 Å². The first-order valence-corrected chi connectivity index (χ1v) is 9.19. The Bertz CT molecular complexity index is 1060. The Morgan fingerprint density at radius 2 is 1.61 bits per heavy atom. The number of Topliss-reactive ketones (excluding diaryl/α,β-unsaturated/α-hetero) is 1. The second-order valence-electron chi connectivity index (χ2n) is 7.23. The molecule has 1 aliphatic carbocycles. The lowest BCUT2D eigenvalue weighted by molar-refractivity contribution is -0.147. The molecule has 3 aromatic rings. The third-order valence-electron chi connectivity index (χ3n) is 5.36. The number of nitrogens with one attached hydrogen (secondary N) is 2. The quantitative estimate of drug-likeness (QED) is 0.576. The Hall–Kier alpha value is -3.41. The fourth-order valence-electron chi connectivity index (χ4n) is 3.90. The fourth-order valence-corrected chi connectivity index (χ4v) is 3.90. The van der Waals surface area contributed by atoms with Gasteiger partial charge >= 0.3 is 5.97 Å². The van der Waals surface area contributed by atoms with Gasteiger partial charge in [-0.05, 0) is 17.2 Å². The normalized spacial score (nSPS) is 14.6. The molecule has 4 rings (SSSR count). The van der Waals surface area contributed by atoms with Crippen molar-refractivity contribution in [3.8, 4) is 0 Å². The molecule has 0 atom stereocenters. The van der Waals surface area contributed by atoms with E-state index in [2.05, 4.69) is 10.3 Å². The molecule has 28 heavy (non-hydrogen) atoms. The van der Waals surface area contributed by atoms with Crippen LogP contribution in [0.1, 0.15) is 34.3 Å². The van der Waals surface area contributed by atoms with Gasteiger partial charge in [-0.25, -0.2) is 4.79 Å². The highest BCUT2D eigenvalue weighted by Crippen LogP contribution is 2.30. The minimum atomic E-state index is -1.34. The standard InChI is InChI=1S/C22H20N2O4/c25-19(17-13-23-18-8-4-3-7-16(17)18)9-10-20(26)24-22(21(27)28)11-14-5-1-2-6-15(14)12-22/h1-8,13,23H,9-12H2,(H,24,26)(H,27,28). The second kappa shape index (κ2) is 6.96. The van der Waals surface area contributed by atoms with Crippen molar-refractivity contribution in [1.29, 1.82) is 0 Å². The van der Waals surface area contributed by atoms with E-state index < -0.39 is 17.4 Å². The number of aromatic nitrogens is 1. The van der Waals surface area contributed by atoms with Crippen molar-refractivity contribution in [2.45, 2.75) is 31.2 Å². The summed E-state index contributed by atoms with van der Waals surface area (Å²) in [7, 11) is 0. The van der Waals surface area contributed by atoms with Crippen LogP contribution in [0.3, 0.4) is 0 Å². The van der Waals surface area contributed by atoms with Gasteiger partial charge in [-0.1, -0.05) is 42.5 Å². The lowest BCUT2D eigenvalue weighted by atomic mass is 9.95. The van der Waals surface area contributed by atoms with Crippen molar-refractivity contribution >= 4 is 28.6 Å². The first-order valence-electron chi connectivity index (χ1n) is 9.19. The zero-order valence-electron chi connectivity index (χ0n) is 15.2. The predicted molar refractivity (Wildman–Crippen MR) is 104 cm³/mol. The number of aromatic amines is 1. The molecule has 3 N–H and O–H groups in total. The van der Waals surface area contributed by atoms with Crippen molar-refractivity contribution in [2.24, 2.45) is 0 Å². The van der Waals surface area contributed by atoms with Crippen molar-refractivity contribution in [3.05, 3.63) is 71.4 Å². The highest BCUT2D eigenvalue weighted by atomic mass is 16.4. The van der Waals surface area contributed by atoms with E-state index in [9.17, 15) is 19.5 Å². The summed E-state index contributed by atoms with van der Waals surface area (Å²) in [6, 6.07) is 15.0. The van der Waals surface area contributed by atoms with Gasteiger partial charge in [0.1, 0.15) is 5.54 Å². The highest BCUT2D eigenvalue weighted by Gasteiger charge is 2.45. The molecule has 6 nitrogen and oxygen atoms in total. The number of benzene rings is 2. The summed E-state index contributed by atoms with van der Waals surface area (Å²) in [5.74, 6) is -1.63. The number of hydrogen-bond acceptors (Lipinski definition) is 3. The van der Waals surface area contributed by atoms with E-state index in [1.165, 1.54) is 0 Å². The largest absolute Gasteiger partial charge is 0.479 e. The summed E-state index contributed by atoms with van der Waals surface area (Å²) >= 11 is 0. The number of hydrogen-bond donors (Lipinski definition) is 3. The van der Waals surface area contributed by atoms with Crippen LogP contribution >= 0.6 is 0 Å². The van der Waals surface area contributed by atoms with Crippen LogP contribution < -0.4 is 5.32 Å². The number of carboxylic acid groups (broad SMARTS) is 1. The average Bonchev–Trinajstić information content (AvgIpc) is 3.28. The Kier molecular flexibility index (Phi) is 4.47. The number of ketones is 1. The van der Waals surface area contributed by atoms with Gasteiger partial charge in [0.2, 0.25) is 5.91 Å². The molecule has 0 radical (unpaired) electrons. The van der Waals surface area contributed by atoms with E-state index in [1.807, 2.05) is 48.5 Å². The topological polar surface area (TPSA) is 99.3 Å². The molecule has 1 aliphatic rings. The molecule has 6 heteroatoms. The molecule has 0 unspecified atom stereocenters. The van der Waals surface area contributed by atoms with Gasteiger partial charge in [-0.2, -0.15) is 0 Å². The third-order valence-corrected chi connectivity index (χ3v) is 5.36. The summed E-state index contributed by atoms with van der Waals surface area (Å²) in [6.07, 6.45) is 2.12. The van der Waals surface area contributed by atoms with Crippen LogP contribution in [0.25, 0.3) is 10.9 Å². The van der Waals surface area contributed by atoms with Crippen molar-refractivity contribution in [2.75, 3.05) is 0 Å². The van der Waals surface area contributed by atoms with Crippen LogP contribution in [0.4, 0.5) is 0 Å². The summed E-state index contributed by atoms with van der Waals surface area (Å²) in [4.78, 5) is 40.0. The van der Waals surface area contributed by atoms with Crippen LogP contribution in [-0.2, 0) is 22.4 Å². The van der Waals surface area contributed by atoms with Gasteiger partial charge < -0.3 is 15.4 Å². The zero-order valence-corrected chi connectivity index (χ0v) is 15.2. The number of carboxylic acids is 1. The summed E-state index contributed by atoms with van der Waals surface area (Å²) in [6.45, 7) is 0. The van der Waals surface area contributed by atoms with Crippen molar-refractivity contribution in [3.63, 3.8) is 0 Å². The Balaban J connectivity index is 1.42. The molecule has 1 aromatic heterocycles. The molecule has 0 bridgehead atoms. The number of H-pyrrole nitrogens is 1. The SMILES string of the molecule is O=C(CCC(=O)c1c[nH]c2ccccc12)NC1(C(=O)O)Cc2ccccc2C1. The fraction of sp³-hybridized carbons (Fsp3) is 0.227. The third kappa shape index (κ3) is 3.17. The molecular formula is C22H20N2O4. The van der Waals surface area contributed by atoms with Gasteiger partial charge in [0.05, 0.1) is 0 Å². The monoisotopic (exact) mass is 376 g/mol. The minimum absolute atomic E-state index is 0.0241. The van der Waals surface area contributed by atoms with E-state index in [0.717, 1.165) is 22.0 Å². The van der Waals surface area contributed by atoms with E-state index in [0.29, 0.717) is 5.56 Å². The highest BCUT2D eigenvalue weighted by molar-refractivity contribution is 6.08. The Morgan fingerprint density at radius 3 is 2.29 bits per heavy atom. The number of para-hydroxylation sites is 1. The minimum Gasteiger partial charge on any atom is -0.479 e. The molecule has 0 aliphatic heterocycles. The average molecular weight is 376 g/mol. The maximum absolute atomic E-state index is 12.5. The summed E-state index contributed by atoms with van der Waals surface area (Å²) < 4.78 is 0. The smallest absolute Gasteiger partial charge is 0.330 e. The van der Waals surface area contributed by atoms with Crippen LogP contribution in [0.2, 0.25) is 0 Å². The van der Waals surface area contributed by atoms with Gasteiger partial charge in [-0.15, -0.1) is 0 Å². The van der Waals surface area contributed by atoms with Crippen molar-refractivity contribution in [1.82, 2.24) is 10.3 Å². The number of carbonyl (C=O) groups excluding carboxylic acids is 2. The molecule has 1 heterocycles. The molecule has 2 aromatic carbocycles. The lowest BCUT2D eigenvalue weighted by Crippen LogP contribution is -2.55. The maximum Gasteiger partial charge on any atom is 0.330 e. The summed E-state index contributed by atoms with van der Waals surface area (Å²) in [5, 5.41) is 13.2. The van der Waals surface area contributed by atoms with E-state index in [-0.39, 0.29) is 31.5 Å². The van der Waals surface area contributed by atoms with E-state index in [1.54, 1.807) is 6.20 Å². The predicted octanol–water partition coefficient (Wildman–Crippen LogP) is 2.87. The first-order chi connectivity index (χ1) is 13.5. The lowest BCUT2D eigenvalue weighted by Gasteiger charge is -2.25. The molecular weight excluding hydrogens is 356 g/mol. The first kappa shape index (κ1) is 18.0. The van der Waals surface area contributed by atoms with Crippen LogP contribution in [0, 0.1) is 0 Å². The van der Waals surface area contributed by atoms with Gasteiger partial charge in [0.15, 0.2) is 5.78 Å². The molecule has 0 saturated heterocycles. The Labute approximate surface area is 161 Å². The number of carbonyl (C=O) groups is 3. The second-order valence-corrected chi connectivity index (χ2v) is 7.23. The molecule has 1 amide bonds. The molecule has 0 spiro atoms. The molecule has 142 valence electrons. The van der Waals surface area contributed by atoms with E-state index in [4.69, 9.17) is 0 Å². The summed E-state index contributed by atoms with van der Waals surface area (Å²) in [5.41, 5.74) is 1.93. The number of rotatable bonds is 6. The zero-order chi connectivity index (χ0) is 19.7. The van der Waals surface area contributed by atoms with Gasteiger partial charge in [-0.3, -0.25) is 9.59 Å². The van der Waals surface area contributed by atoms with Crippen LogP contribution in [-0.4, -0.2) is 33.3 Å². The Morgan fingerprint density at radius 1 is 0.964 bits per heavy atom. The van der Waals surface area contributed by atoms with Crippen molar-refractivity contribution < 1.29 is 19.5 Å². The van der Waals surface area contributed by atoms with Crippen LogP contribution in [0.15, 0.2) is 54.7 Å². The van der Waals surface area contributed by atoms with Crippen LogP contribution in [0.5, 0.6) is 0 Å². The van der Waals surface area contributed by atoms with Gasteiger partial charge in [0.25, 0.3) is 0 Å². The number of amides is 1. The molecule has 0 saturated carbocycles.